The minimum Gasteiger partial charge on any atom is -0.477 e. The number of rotatable bonds is 5. The fourth-order valence-electron chi connectivity index (χ4n) is 6.91. The van der Waals surface area contributed by atoms with E-state index in [9.17, 15) is 19.1 Å². The maximum absolute atomic E-state index is 14.9. The number of benzene rings is 1. The molecule has 216 valence electrons. The Morgan fingerprint density at radius 1 is 1.14 bits per heavy atom. The number of likely N-dealkylation sites (N-methyl/N-ethyl adjacent to an activating group) is 1. The molecule has 1 aromatic carbocycles. The third-order valence-electron chi connectivity index (χ3n) is 8.94. The Kier molecular flexibility index (Phi) is 6.05. The van der Waals surface area contributed by atoms with E-state index < -0.39 is 11.4 Å². The summed E-state index contributed by atoms with van der Waals surface area (Å²) in [5.74, 6) is -1.18. The van der Waals surface area contributed by atoms with Crippen molar-refractivity contribution in [2.24, 2.45) is 5.92 Å². The minimum atomic E-state index is -1.31. The van der Waals surface area contributed by atoms with E-state index in [0.29, 0.717) is 39.9 Å². The molecule has 6 heterocycles. The number of hydrogen-bond acceptors (Lipinski definition) is 8. The van der Waals surface area contributed by atoms with Gasteiger partial charge in [-0.2, -0.15) is 0 Å². The van der Waals surface area contributed by atoms with Gasteiger partial charge >= 0.3 is 5.97 Å². The molecule has 2 aliphatic rings. The van der Waals surface area contributed by atoms with Gasteiger partial charge in [-0.15, -0.1) is 0 Å². The molecule has 2 saturated heterocycles. The first kappa shape index (κ1) is 26.2. The van der Waals surface area contributed by atoms with Gasteiger partial charge in [0.15, 0.2) is 5.65 Å². The van der Waals surface area contributed by atoms with Gasteiger partial charge in [-0.1, -0.05) is 0 Å². The van der Waals surface area contributed by atoms with Crippen LogP contribution in [0.4, 0.5) is 15.8 Å². The molecule has 2 fully saturated rings. The van der Waals surface area contributed by atoms with Gasteiger partial charge in [0.05, 0.1) is 27.7 Å². The molecule has 0 spiro atoms. The van der Waals surface area contributed by atoms with Crippen LogP contribution in [0.3, 0.4) is 0 Å². The standard InChI is InChI=1S/C30H31FN8O3/c1-32-22-9-17(31)8-18-24-26(38-12-15-5-4-6-37(3)23(15)14-38)20(11-34-28(24)36-25(18)22)16-7-19-27(40)21(30(41)42)13-39(33-2)29(19)35-10-16/h7-11,13,15,23,32-33H,4-6,12,14H2,1-3H3,(H,34,36)(H,41,42)/t15-,23+/m0/s1. The van der Waals surface area contributed by atoms with Crippen molar-refractivity contribution in [2.75, 3.05) is 56.4 Å². The molecule has 0 amide bonds. The lowest BCUT2D eigenvalue weighted by molar-refractivity contribution is 0.0695. The zero-order valence-corrected chi connectivity index (χ0v) is 23.5. The minimum absolute atomic E-state index is 0.171. The van der Waals surface area contributed by atoms with Gasteiger partial charge in [-0.25, -0.2) is 23.8 Å². The summed E-state index contributed by atoms with van der Waals surface area (Å²) in [7, 11) is 5.55. The van der Waals surface area contributed by atoms with Gasteiger partial charge in [-0.3, -0.25) is 4.79 Å². The highest BCUT2D eigenvalue weighted by atomic mass is 19.1. The number of likely N-dealkylation sites (tertiary alicyclic amines) is 1. The number of pyridine rings is 3. The van der Waals surface area contributed by atoms with Crippen LogP contribution in [-0.4, -0.2) is 82.4 Å². The van der Waals surface area contributed by atoms with Crippen molar-refractivity contribution in [2.45, 2.75) is 18.9 Å². The first-order valence-electron chi connectivity index (χ1n) is 14.0. The van der Waals surface area contributed by atoms with Crippen LogP contribution in [0.25, 0.3) is 44.1 Å². The molecular formula is C30H31FN8O3. The van der Waals surface area contributed by atoms with Crippen LogP contribution >= 0.6 is 0 Å². The number of aromatic amines is 1. The zero-order chi connectivity index (χ0) is 29.3. The van der Waals surface area contributed by atoms with Gasteiger partial charge in [0, 0.05) is 68.3 Å². The van der Waals surface area contributed by atoms with Crippen molar-refractivity contribution in [3.8, 4) is 11.1 Å². The molecule has 4 N–H and O–H groups in total. The van der Waals surface area contributed by atoms with E-state index in [1.165, 1.54) is 23.0 Å². The summed E-state index contributed by atoms with van der Waals surface area (Å²) < 4.78 is 16.3. The molecule has 12 heteroatoms. The molecule has 2 aliphatic heterocycles. The molecule has 0 bridgehead atoms. The summed E-state index contributed by atoms with van der Waals surface area (Å²) in [6, 6.07) is 5.06. The highest BCUT2D eigenvalue weighted by Crippen LogP contribution is 2.45. The topological polar surface area (TPSA) is 131 Å². The van der Waals surface area contributed by atoms with Crippen LogP contribution in [-0.2, 0) is 0 Å². The molecule has 0 saturated carbocycles. The normalized spacial score (nSPS) is 19.1. The largest absolute Gasteiger partial charge is 0.477 e. The zero-order valence-electron chi connectivity index (χ0n) is 23.5. The van der Waals surface area contributed by atoms with Crippen molar-refractivity contribution in [1.82, 2.24) is 24.5 Å². The predicted molar refractivity (Wildman–Crippen MR) is 162 cm³/mol. The Bertz CT molecular complexity index is 1970. The highest BCUT2D eigenvalue weighted by molar-refractivity contribution is 6.18. The van der Waals surface area contributed by atoms with E-state index in [1.54, 1.807) is 32.6 Å². The molecular weight excluding hydrogens is 539 g/mol. The van der Waals surface area contributed by atoms with Crippen molar-refractivity contribution in [1.29, 1.82) is 0 Å². The molecule has 5 aromatic rings. The molecule has 11 nitrogen and oxygen atoms in total. The van der Waals surface area contributed by atoms with E-state index in [0.717, 1.165) is 54.6 Å². The number of H-pyrrole nitrogens is 1. The second kappa shape index (κ2) is 9.69. The van der Waals surface area contributed by atoms with Gasteiger partial charge < -0.3 is 30.6 Å². The summed E-state index contributed by atoms with van der Waals surface area (Å²) in [6.45, 7) is 2.68. The average Bonchev–Trinajstić information content (AvgIpc) is 3.59. The molecule has 0 radical (unpaired) electrons. The average molecular weight is 571 g/mol. The number of piperidine rings is 1. The van der Waals surface area contributed by atoms with Crippen LogP contribution in [0.5, 0.6) is 0 Å². The fourth-order valence-corrected chi connectivity index (χ4v) is 6.91. The van der Waals surface area contributed by atoms with Gasteiger partial charge in [0.2, 0.25) is 5.43 Å². The van der Waals surface area contributed by atoms with Gasteiger partial charge in [0.1, 0.15) is 17.0 Å². The van der Waals surface area contributed by atoms with Crippen molar-refractivity contribution in [3.63, 3.8) is 0 Å². The summed E-state index contributed by atoms with van der Waals surface area (Å²) >= 11 is 0. The molecule has 4 aromatic heterocycles. The molecule has 0 unspecified atom stereocenters. The van der Waals surface area contributed by atoms with Crippen LogP contribution in [0.1, 0.15) is 23.2 Å². The van der Waals surface area contributed by atoms with Crippen LogP contribution < -0.4 is 21.1 Å². The molecule has 2 atom stereocenters. The predicted octanol–water partition coefficient (Wildman–Crippen LogP) is 3.68. The Balaban J connectivity index is 1.52. The second-order valence-electron chi connectivity index (χ2n) is 11.2. The van der Waals surface area contributed by atoms with E-state index >= 15 is 0 Å². The van der Waals surface area contributed by atoms with Crippen LogP contribution in [0.15, 0.2) is 41.6 Å². The number of nitrogens with one attached hydrogen (secondary N) is 3. The van der Waals surface area contributed by atoms with Crippen LogP contribution in [0, 0.1) is 11.7 Å². The highest BCUT2D eigenvalue weighted by Gasteiger charge is 2.39. The summed E-state index contributed by atoms with van der Waals surface area (Å²) in [5.41, 5.74) is 6.50. The first-order chi connectivity index (χ1) is 20.3. The van der Waals surface area contributed by atoms with Crippen molar-refractivity contribution < 1.29 is 14.3 Å². The number of carboxylic acid groups (broad SMARTS) is 1. The summed E-state index contributed by atoms with van der Waals surface area (Å²) in [5, 5.41) is 14.4. The Labute approximate surface area is 239 Å². The lowest BCUT2D eigenvalue weighted by atomic mass is 9.93. The van der Waals surface area contributed by atoms with Gasteiger partial charge in [-0.05, 0) is 50.6 Å². The van der Waals surface area contributed by atoms with E-state index in [4.69, 9.17) is 4.98 Å². The quantitative estimate of drug-likeness (QED) is 0.250. The van der Waals surface area contributed by atoms with E-state index in [2.05, 4.69) is 37.6 Å². The third kappa shape index (κ3) is 3.89. The van der Waals surface area contributed by atoms with Crippen LogP contribution in [0.2, 0.25) is 0 Å². The van der Waals surface area contributed by atoms with Gasteiger partial charge in [0.25, 0.3) is 0 Å². The SMILES string of the molecule is CNc1cc(F)cc2c1[nH]c1ncc(-c3cnc4c(c3)c(=O)c(C(=O)O)cn4NC)c(N3C[C@@H]4CCCN(C)[C@@H]4C3)c12. The number of nitrogens with zero attached hydrogens (tertiary/aromatic N) is 5. The summed E-state index contributed by atoms with van der Waals surface area (Å²) in [6.07, 6.45) is 6.95. The number of aromatic carboxylic acids is 1. The number of fused-ring (bicyclic) bond motifs is 5. The maximum atomic E-state index is 14.9. The third-order valence-corrected chi connectivity index (χ3v) is 8.94. The summed E-state index contributed by atoms with van der Waals surface area (Å²) in [4.78, 5) is 42.7. The monoisotopic (exact) mass is 570 g/mol. The number of carboxylic acids is 1. The molecule has 0 aliphatic carbocycles. The Hall–Kier alpha value is -4.71. The smallest absolute Gasteiger partial charge is 0.341 e. The van der Waals surface area contributed by atoms with E-state index in [1.807, 2.05) is 0 Å². The Morgan fingerprint density at radius 2 is 1.98 bits per heavy atom. The number of halogens is 1. The molecule has 7 rings (SSSR count). The maximum Gasteiger partial charge on any atom is 0.341 e. The second-order valence-corrected chi connectivity index (χ2v) is 11.2. The van der Waals surface area contributed by atoms with Crippen molar-refractivity contribution >= 4 is 50.3 Å². The first-order valence-corrected chi connectivity index (χ1v) is 14.0. The Morgan fingerprint density at radius 3 is 2.71 bits per heavy atom. The molecule has 42 heavy (non-hydrogen) atoms. The lowest BCUT2D eigenvalue weighted by Crippen LogP contribution is -2.42. The number of aromatic nitrogens is 4. The lowest BCUT2D eigenvalue weighted by Gasteiger charge is -2.33. The van der Waals surface area contributed by atoms with Crippen molar-refractivity contribution in [3.05, 3.63) is 58.4 Å². The number of carbonyl (C=O) groups is 1. The fraction of sp³-hybridized carbons (Fsp3) is 0.333. The number of anilines is 2. The number of hydrogen-bond donors (Lipinski definition) is 4. The van der Waals surface area contributed by atoms with E-state index in [-0.39, 0.29) is 16.8 Å².